The fraction of sp³-hybridized carbons (Fsp3) is 0.625. The summed E-state index contributed by atoms with van der Waals surface area (Å²) in [4.78, 5) is 2.18. The lowest BCUT2D eigenvalue weighted by molar-refractivity contribution is 0.0436. The largest absolute Gasteiger partial charge is 0.389 e. The van der Waals surface area contributed by atoms with Crippen molar-refractivity contribution in [2.45, 2.75) is 38.8 Å². The van der Waals surface area contributed by atoms with Gasteiger partial charge in [0.2, 0.25) is 0 Å². The number of aliphatic hydroxyl groups is 1. The minimum Gasteiger partial charge on any atom is -0.389 e. The van der Waals surface area contributed by atoms with E-state index in [-0.39, 0.29) is 0 Å². The average molecular weight is 343 g/mol. The topological polar surface area (TPSA) is 35.5 Å². The van der Waals surface area contributed by atoms with Gasteiger partial charge >= 0.3 is 0 Å². The van der Waals surface area contributed by atoms with Gasteiger partial charge in [-0.15, -0.1) is 0 Å². The van der Waals surface area contributed by atoms with Crippen LogP contribution in [0, 0.1) is 0 Å². The van der Waals surface area contributed by atoms with Crippen LogP contribution in [0.15, 0.2) is 28.7 Å². The van der Waals surface area contributed by atoms with Crippen LogP contribution in [0.25, 0.3) is 0 Å². The number of rotatable bonds is 8. The van der Waals surface area contributed by atoms with E-state index in [1.165, 1.54) is 5.56 Å². The highest BCUT2D eigenvalue weighted by atomic mass is 79.9. The normalized spacial score (nSPS) is 13.8. The number of hydrogen-bond donors (Lipinski definition) is 2. The van der Waals surface area contributed by atoms with Crippen LogP contribution in [0.5, 0.6) is 0 Å². The molecule has 0 heterocycles. The maximum Gasteiger partial charge on any atom is 0.0718 e. The van der Waals surface area contributed by atoms with Gasteiger partial charge in [0.25, 0.3) is 0 Å². The predicted octanol–water partition coefficient (Wildman–Crippen LogP) is 3.19. The number of nitrogens with zero attached hydrogens (tertiary/aromatic N) is 1. The van der Waals surface area contributed by atoms with Crippen molar-refractivity contribution in [3.63, 3.8) is 0 Å². The molecule has 0 radical (unpaired) electrons. The molecule has 1 aromatic rings. The molecule has 0 aliphatic carbocycles. The Morgan fingerprint density at radius 2 is 2.10 bits per heavy atom. The monoisotopic (exact) mass is 342 g/mol. The Morgan fingerprint density at radius 3 is 2.65 bits per heavy atom. The Labute approximate surface area is 131 Å². The van der Waals surface area contributed by atoms with Crippen molar-refractivity contribution in [3.8, 4) is 0 Å². The summed E-state index contributed by atoms with van der Waals surface area (Å²) in [5, 5.41) is 13.4. The van der Waals surface area contributed by atoms with Crippen LogP contribution in [0.2, 0.25) is 0 Å². The highest BCUT2D eigenvalue weighted by molar-refractivity contribution is 9.10. The molecule has 0 saturated heterocycles. The molecular weight excluding hydrogens is 316 g/mol. The van der Waals surface area contributed by atoms with E-state index in [1.54, 1.807) is 0 Å². The van der Waals surface area contributed by atoms with Gasteiger partial charge in [0.15, 0.2) is 0 Å². The van der Waals surface area contributed by atoms with E-state index < -0.39 is 5.60 Å². The van der Waals surface area contributed by atoms with Gasteiger partial charge in [0.05, 0.1) is 5.60 Å². The van der Waals surface area contributed by atoms with E-state index in [2.05, 4.69) is 58.3 Å². The SMILES string of the molecule is CCNC(CCN(C)CC(C)(C)O)c1cccc(Br)c1. The van der Waals surface area contributed by atoms with Gasteiger partial charge in [0.1, 0.15) is 0 Å². The van der Waals surface area contributed by atoms with Gasteiger partial charge in [-0.2, -0.15) is 0 Å². The zero-order chi connectivity index (χ0) is 15.2. The molecule has 0 aromatic heterocycles. The average Bonchev–Trinajstić information content (AvgIpc) is 2.32. The Morgan fingerprint density at radius 1 is 1.40 bits per heavy atom. The Kier molecular flexibility index (Phi) is 7.17. The van der Waals surface area contributed by atoms with Crippen LogP contribution in [-0.2, 0) is 0 Å². The number of nitrogens with one attached hydrogen (secondary N) is 1. The van der Waals surface area contributed by atoms with Crippen molar-refractivity contribution in [1.82, 2.24) is 10.2 Å². The zero-order valence-electron chi connectivity index (χ0n) is 13.0. The number of hydrogen-bond acceptors (Lipinski definition) is 3. The van der Waals surface area contributed by atoms with Gasteiger partial charge < -0.3 is 15.3 Å². The fourth-order valence-corrected chi connectivity index (χ4v) is 2.86. The third-order valence-corrected chi connectivity index (χ3v) is 3.65. The summed E-state index contributed by atoms with van der Waals surface area (Å²) >= 11 is 3.53. The summed E-state index contributed by atoms with van der Waals surface area (Å²) in [5.41, 5.74) is 0.663. The third-order valence-electron chi connectivity index (χ3n) is 3.16. The third kappa shape index (κ3) is 6.84. The molecule has 0 fully saturated rings. The number of likely N-dealkylation sites (N-methyl/N-ethyl adjacent to an activating group) is 1. The second kappa shape index (κ2) is 8.13. The zero-order valence-corrected chi connectivity index (χ0v) is 14.6. The number of halogens is 1. The van der Waals surface area contributed by atoms with E-state index in [0.717, 1.165) is 24.0 Å². The molecule has 1 atom stereocenters. The molecule has 0 aliphatic rings. The molecule has 0 spiro atoms. The summed E-state index contributed by atoms with van der Waals surface area (Å²) < 4.78 is 1.11. The van der Waals surface area contributed by atoms with Crippen molar-refractivity contribution in [1.29, 1.82) is 0 Å². The molecule has 1 unspecified atom stereocenters. The van der Waals surface area contributed by atoms with Crippen LogP contribution in [0.4, 0.5) is 0 Å². The molecule has 114 valence electrons. The van der Waals surface area contributed by atoms with Crippen LogP contribution in [-0.4, -0.2) is 42.3 Å². The first-order chi connectivity index (χ1) is 9.31. The molecular formula is C16H27BrN2O. The van der Waals surface area contributed by atoms with Crippen LogP contribution in [0.1, 0.15) is 38.8 Å². The van der Waals surface area contributed by atoms with E-state index in [4.69, 9.17) is 0 Å². The highest BCUT2D eigenvalue weighted by Crippen LogP contribution is 2.21. The maximum absolute atomic E-state index is 9.85. The van der Waals surface area contributed by atoms with Crippen LogP contribution in [0.3, 0.4) is 0 Å². The second-order valence-electron chi connectivity index (χ2n) is 6.00. The molecule has 2 N–H and O–H groups in total. The van der Waals surface area contributed by atoms with Crippen molar-refractivity contribution in [2.75, 3.05) is 26.7 Å². The quantitative estimate of drug-likeness (QED) is 0.761. The van der Waals surface area contributed by atoms with Gasteiger partial charge in [-0.3, -0.25) is 0 Å². The smallest absolute Gasteiger partial charge is 0.0718 e. The van der Waals surface area contributed by atoms with Crippen molar-refractivity contribution in [2.24, 2.45) is 0 Å². The van der Waals surface area contributed by atoms with E-state index >= 15 is 0 Å². The van der Waals surface area contributed by atoms with Gasteiger partial charge in [-0.25, -0.2) is 0 Å². The van der Waals surface area contributed by atoms with Crippen molar-refractivity contribution in [3.05, 3.63) is 34.3 Å². The molecule has 1 aromatic carbocycles. The molecule has 0 saturated carbocycles. The molecule has 20 heavy (non-hydrogen) atoms. The molecule has 3 nitrogen and oxygen atoms in total. The minimum absolute atomic E-state index is 0.349. The molecule has 0 amide bonds. The Balaban J connectivity index is 2.60. The first-order valence-corrected chi connectivity index (χ1v) is 8.01. The second-order valence-corrected chi connectivity index (χ2v) is 6.92. The Bertz CT molecular complexity index is 404. The first-order valence-electron chi connectivity index (χ1n) is 7.21. The van der Waals surface area contributed by atoms with E-state index in [9.17, 15) is 5.11 Å². The molecule has 0 bridgehead atoms. The van der Waals surface area contributed by atoms with Gasteiger partial charge in [-0.05, 0) is 58.1 Å². The lowest BCUT2D eigenvalue weighted by Crippen LogP contribution is -2.37. The minimum atomic E-state index is -0.641. The predicted molar refractivity (Wildman–Crippen MR) is 89.0 cm³/mol. The lowest BCUT2D eigenvalue weighted by Gasteiger charge is -2.27. The highest BCUT2D eigenvalue weighted by Gasteiger charge is 2.17. The molecule has 4 heteroatoms. The summed E-state index contributed by atoms with van der Waals surface area (Å²) in [5.74, 6) is 0. The van der Waals surface area contributed by atoms with Crippen molar-refractivity contribution < 1.29 is 5.11 Å². The van der Waals surface area contributed by atoms with Crippen LogP contribution >= 0.6 is 15.9 Å². The molecule has 0 aliphatic heterocycles. The maximum atomic E-state index is 9.85. The summed E-state index contributed by atoms with van der Waals surface area (Å²) in [6.45, 7) is 8.41. The number of benzene rings is 1. The summed E-state index contributed by atoms with van der Waals surface area (Å²) in [6, 6.07) is 8.80. The first kappa shape index (κ1) is 17.6. The Hall–Kier alpha value is -0.420. The van der Waals surface area contributed by atoms with Crippen molar-refractivity contribution >= 4 is 15.9 Å². The van der Waals surface area contributed by atoms with E-state index in [0.29, 0.717) is 12.6 Å². The standard InChI is InChI=1S/C16H27BrN2O/c1-5-18-15(13-7-6-8-14(17)11-13)9-10-19(4)12-16(2,3)20/h6-8,11,15,18,20H,5,9-10,12H2,1-4H3. The molecule has 1 rings (SSSR count). The van der Waals surface area contributed by atoms with Crippen LogP contribution < -0.4 is 5.32 Å². The van der Waals surface area contributed by atoms with Gasteiger partial charge in [0, 0.05) is 17.1 Å². The summed E-state index contributed by atoms with van der Waals surface area (Å²) in [7, 11) is 2.06. The fourth-order valence-electron chi connectivity index (χ4n) is 2.45. The van der Waals surface area contributed by atoms with E-state index in [1.807, 2.05) is 19.9 Å². The lowest BCUT2D eigenvalue weighted by atomic mass is 10.0. The summed E-state index contributed by atoms with van der Waals surface area (Å²) in [6.07, 6.45) is 1.02. The van der Waals surface area contributed by atoms with Gasteiger partial charge in [-0.1, -0.05) is 35.0 Å².